The molecule has 0 amide bonds. The van der Waals surface area contributed by atoms with Crippen LogP contribution in [0.2, 0.25) is 0 Å². The van der Waals surface area contributed by atoms with Crippen LogP contribution in [0.3, 0.4) is 0 Å². The summed E-state index contributed by atoms with van der Waals surface area (Å²) in [4.78, 5) is 11.3. The minimum atomic E-state index is 0.587. The normalized spacial score (nSPS) is 21.0. The zero-order chi connectivity index (χ0) is 16.9. The second kappa shape index (κ2) is 7.59. The minimum absolute atomic E-state index is 0.587. The van der Waals surface area contributed by atoms with E-state index < -0.39 is 0 Å². The van der Waals surface area contributed by atoms with Crippen LogP contribution >= 0.6 is 0 Å². The molecule has 5 heteroatoms. The lowest BCUT2D eigenvalue weighted by atomic mass is 9.87. The molecule has 1 aromatic carbocycles. The lowest BCUT2D eigenvalue weighted by Gasteiger charge is -2.38. The highest BCUT2D eigenvalue weighted by Gasteiger charge is 2.26. The molecule has 0 aliphatic carbocycles. The first-order valence-electron chi connectivity index (χ1n) is 8.60. The summed E-state index contributed by atoms with van der Waals surface area (Å²) >= 11 is 0. The van der Waals surface area contributed by atoms with E-state index >= 15 is 0 Å². The molecule has 1 aliphatic heterocycles. The zero-order valence-electron chi connectivity index (χ0n) is 14.4. The van der Waals surface area contributed by atoms with Crippen LogP contribution in [0.25, 0.3) is 11.0 Å². The number of nitriles is 1. The van der Waals surface area contributed by atoms with E-state index in [1.165, 1.54) is 12.8 Å². The number of hydrogen-bond acceptors (Lipinski definition) is 5. The second-order valence-electron chi connectivity index (χ2n) is 6.74. The van der Waals surface area contributed by atoms with Gasteiger partial charge in [0.2, 0.25) is 0 Å². The van der Waals surface area contributed by atoms with Crippen molar-refractivity contribution in [2.24, 2.45) is 11.8 Å². The van der Waals surface area contributed by atoms with Gasteiger partial charge in [0.1, 0.15) is 17.1 Å². The van der Waals surface area contributed by atoms with Crippen LogP contribution in [-0.4, -0.2) is 36.8 Å². The van der Waals surface area contributed by atoms with Gasteiger partial charge in [0.05, 0.1) is 11.3 Å². The maximum atomic E-state index is 9.30. The van der Waals surface area contributed by atoms with Crippen LogP contribution < -0.4 is 4.90 Å². The van der Waals surface area contributed by atoms with Gasteiger partial charge in [-0.15, -0.1) is 0 Å². The van der Waals surface area contributed by atoms with Gasteiger partial charge in [-0.2, -0.15) is 5.26 Å². The number of nitrogens with zero attached hydrogens (tertiary/aromatic N) is 4. The minimum Gasteiger partial charge on any atom is -0.385 e. The van der Waals surface area contributed by atoms with E-state index in [1.807, 2.05) is 12.1 Å². The molecule has 3 rings (SSSR count). The Morgan fingerprint density at radius 3 is 2.79 bits per heavy atom. The summed E-state index contributed by atoms with van der Waals surface area (Å²) in [5.74, 6) is 1.32. The maximum Gasteiger partial charge on any atom is 0.113 e. The largest absolute Gasteiger partial charge is 0.385 e. The van der Waals surface area contributed by atoms with Crippen LogP contribution in [0.4, 0.5) is 5.69 Å². The molecule has 0 spiro atoms. The Kier molecular flexibility index (Phi) is 5.27. The number of ether oxygens (including phenoxy) is 1. The molecule has 24 heavy (non-hydrogen) atoms. The Morgan fingerprint density at radius 2 is 2.04 bits per heavy atom. The van der Waals surface area contributed by atoms with Gasteiger partial charge >= 0.3 is 0 Å². The van der Waals surface area contributed by atoms with Gasteiger partial charge in [-0.25, -0.2) is 0 Å². The van der Waals surface area contributed by atoms with Crippen molar-refractivity contribution in [2.75, 3.05) is 31.7 Å². The summed E-state index contributed by atoms with van der Waals surface area (Å²) in [6.45, 7) is 5.20. The van der Waals surface area contributed by atoms with Crippen LogP contribution in [0, 0.1) is 23.2 Å². The molecule has 2 unspecified atom stereocenters. The molecule has 1 fully saturated rings. The third kappa shape index (κ3) is 3.49. The SMILES string of the molecule is COCCCC1CC(C)CN(c2ccc(C#N)c3nccnc23)C1. The molecule has 1 aromatic heterocycles. The second-order valence-corrected chi connectivity index (χ2v) is 6.74. The summed E-state index contributed by atoms with van der Waals surface area (Å²) in [5, 5.41) is 9.30. The first kappa shape index (κ1) is 16.7. The highest BCUT2D eigenvalue weighted by Crippen LogP contribution is 2.33. The van der Waals surface area contributed by atoms with Gasteiger partial charge in [0.15, 0.2) is 0 Å². The molecule has 5 nitrogen and oxygen atoms in total. The predicted molar refractivity (Wildman–Crippen MR) is 94.8 cm³/mol. The Labute approximate surface area is 143 Å². The van der Waals surface area contributed by atoms with Crippen molar-refractivity contribution in [3.63, 3.8) is 0 Å². The summed E-state index contributed by atoms with van der Waals surface area (Å²) < 4.78 is 5.19. The number of fused-ring (bicyclic) bond motifs is 1. The topological polar surface area (TPSA) is 62.0 Å². The average molecular weight is 324 g/mol. The first-order valence-corrected chi connectivity index (χ1v) is 8.60. The lowest BCUT2D eigenvalue weighted by Crippen LogP contribution is -2.40. The number of hydrogen-bond donors (Lipinski definition) is 0. The monoisotopic (exact) mass is 324 g/mol. The third-order valence-electron chi connectivity index (χ3n) is 4.77. The zero-order valence-corrected chi connectivity index (χ0v) is 14.4. The molecule has 0 bridgehead atoms. The van der Waals surface area contributed by atoms with E-state index in [4.69, 9.17) is 4.74 Å². The molecule has 2 aromatic rings. The summed E-state index contributed by atoms with van der Waals surface area (Å²) in [6.07, 6.45) is 6.92. The van der Waals surface area contributed by atoms with Crippen LogP contribution in [0.1, 0.15) is 31.7 Å². The van der Waals surface area contributed by atoms with Gasteiger partial charge in [0, 0.05) is 39.2 Å². The van der Waals surface area contributed by atoms with Crippen LogP contribution in [0.15, 0.2) is 24.5 Å². The molecular weight excluding hydrogens is 300 g/mol. The smallest absolute Gasteiger partial charge is 0.113 e. The van der Waals surface area contributed by atoms with E-state index in [2.05, 4.69) is 27.9 Å². The molecular formula is C19H24N4O. The quantitative estimate of drug-likeness (QED) is 0.789. The van der Waals surface area contributed by atoms with E-state index in [1.54, 1.807) is 19.5 Å². The molecule has 1 saturated heterocycles. The molecule has 126 valence electrons. The van der Waals surface area contributed by atoms with E-state index in [0.717, 1.165) is 37.3 Å². The number of aromatic nitrogens is 2. The fourth-order valence-electron chi connectivity index (χ4n) is 3.79. The first-order chi connectivity index (χ1) is 11.7. The molecule has 2 atom stereocenters. The van der Waals surface area contributed by atoms with Gasteiger partial charge in [-0.05, 0) is 43.2 Å². The highest BCUT2D eigenvalue weighted by atomic mass is 16.5. The molecule has 0 radical (unpaired) electrons. The molecule has 0 saturated carbocycles. The van der Waals surface area contributed by atoms with E-state index in [9.17, 15) is 5.26 Å². The number of piperidine rings is 1. The van der Waals surface area contributed by atoms with Crippen molar-refractivity contribution in [1.29, 1.82) is 5.26 Å². The fraction of sp³-hybridized carbons (Fsp3) is 0.526. The molecule has 0 N–H and O–H groups in total. The van der Waals surface area contributed by atoms with E-state index in [-0.39, 0.29) is 0 Å². The Balaban J connectivity index is 1.88. The van der Waals surface area contributed by atoms with Crippen molar-refractivity contribution in [3.8, 4) is 6.07 Å². The van der Waals surface area contributed by atoms with Gasteiger partial charge in [0.25, 0.3) is 0 Å². The predicted octanol–water partition coefficient (Wildman–Crippen LogP) is 3.39. The molecule has 1 aliphatic rings. The van der Waals surface area contributed by atoms with Crippen molar-refractivity contribution >= 4 is 16.7 Å². The van der Waals surface area contributed by atoms with Gasteiger partial charge < -0.3 is 9.64 Å². The third-order valence-corrected chi connectivity index (χ3v) is 4.77. The highest BCUT2D eigenvalue weighted by molar-refractivity contribution is 5.91. The van der Waals surface area contributed by atoms with Crippen molar-refractivity contribution in [1.82, 2.24) is 9.97 Å². The fourth-order valence-corrected chi connectivity index (χ4v) is 3.79. The Morgan fingerprint density at radius 1 is 1.25 bits per heavy atom. The Hall–Kier alpha value is -2.19. The van der Waals surface area contributed by atoms with Crippen LogP contribution in [-0.2, 0) is 4.74 Å². The van der Waals surface area contributed by atoms with E-state index in [0.29, 0.717) is 22.9 Å². The van der Waals surface area contributed by atoms with Gasteiger partial charge in [-0.1, -0.05) is 6.92 Å². The van der Waals surface area contributed by atoms with Crippen molar-refractivity contribution in [2.45, 2.75) is 26.2 Å². The average Bonchev–Trinajstić information content (AvgIpc) is 2.60. The van der Waals surface area contributed by atoms with Crippen LogP contribution in [0.5, 0.6) is 0 Å². The standard InChI is InChI=1S/C19H24N4O/c1-14-10-15(4-3-9-24-2)13-23(12-14)17-6-5-16(11-20)18-19(17)22-8-7-21-18/h5-8,14-15H,3-4,9-10,12-13H2,1-2H3. The summed E-state index contributed by atoms with van der Waals surface area (Å²) in [5.41, 5.74) is 3.22. The Bertz CT molecular complexity index is 740. The van der Waals surface area contributed by atoms with Gasteiger partial charge in [-0.3, -0.25) is 9.97 Å². The lowest BCUT2D eigenvalue weighted by molar-refractivity contribution is 0.181. The number of anilines is 1. The molecule has 2 heterocycles. The number of methoxy groups -OCH3 is 1. The number of benzene rings is 1. The van der Waals surface area contributed by atoms with Crippen molar-refractivity contribution in [3.05, 3.63) is 30.1 Å². The number of rotatable bonds is 5. The summed E-state index contributed by atoms with van der Waals surface area (Å²) in [7, 11) is 1.76. The summed E-state index contributed by atoms with van der Waals surface area (Å²) in [6, 6.07) is 6.11. The maximum absolute atomic E-state index is 9.30. The van der Waals surface area contributed by atoms with Crippen molar-refractivity contribution < 1.29 is 4.74 Å².